The van der Waals surface area contributed by atoms with Gasteiger partial charge in [0.25, 0.3) is 0 Å². The van der Waals surface area contributed by atoms with E-state index < -0.39 is 0 Å². The molecule has 0 bridgehead atoms. The summed E-state index contributed by atoms with van der Waals surface area (Å²) >= 11 is 0. The van der Waals surface area contributed by atoms with Gasteiger partial charge in [0.2, 0.25) is 0 Å². The molecule has 0 heterocycles. The molecule has 4 nitrogen and oxygen atoms in total. The van der Waals surface area contributed by atoms with E-state index >= 15 is 0 Å². The van der Waals surface area contributed by atoms with E-state index in [4.69, 9.17) is 0 Å². The predicted octanol–water partition coefficient (Wildman–Crippen LogP) is -3.13. The molecule has 0 saturated carbocycles. The number of rotatable bonds is 0. The van der Waals surface area contributed by atoms with E-state index in [1.807, 2.05) is 0 Å². The summed E-state index contributed by atoms with van der Waals surface area (Å²) in [6.07, 6.45) is 0. The van der Waals surface area contributed by atoms with Crippen LogP contribution in [0.4, 0.5) is 0 Å². The van der Waals surface area contributed by atoms with Gasteiger partial charge in [0, 0.05) is 19.5 Å². The van der Waals surface area contributed by atoms with Crippen LogP contribution in [0.5, 0.6) is 0 Å². The predicted molar refractivity (Wildman–Crippen MR) is 21.1 cm³/mol. The normalized spacial score (nSPS) is 0. The van der Waals surface area contributed by atoms with Crippen molar-refractivity contribution < 1.29 is 44.3 Å². The minimum absolute atomic E-state index is 0. The van der Waals surface area contributed by atoms with Crippen LogP contribution in [-0.2, 0) is 19.5 Å². The number of hydrogen-bond acceptors (Lipinski definition) is 0. The molecule has 0 unspecified atom stereocenters. The second kappa shape index (κ2) is 236. The van der Waals surface area contributed by atoms with E-state index in [9.17, 15) is 0 Å². The minimum atomic E-state index is 0. The van der Waals surface area contributed by atoms with E-state index in [0.29, 0.717) is 0 Å². The maximum absolute atomic E-state index is 0. The van der Waals surface area contributed by atoms with E-state index in [-0.39, 0.29) is 68.9 Å². The molecule has 0 aliphatic rings. The van der Waals surface area contributed by atoms with Crippen LogP contribution in [0.25, 0.3) is 24.6 Å². The molecule has 0 aromatic carbocycles. The summed E-state index contributed by atoms with van der Waals surface area (Å²) in [6, 6.07) is 0. The van der Waals surface area contributed by atoms with Gasteiger partial charge in [0.1, 0.15) is 0 Å². The molecule has 0 atom stereocenters. The summed E-state index contributed by atoms with van der Waals surface area (Å²) in [6.45, 7) is 0. The molecule has 0 aliphatic heterocycles. The van der Waals surface area contributed by atoms with Crippen molar-refractivity contribution in [1.82, 2.24) is 0 Å². The van der Waals surface area contributed by atoms with Crippen LogP contribution in [0.1, 0.15) is 0 Å². The Balaban J connectivity index is 0. The maximum Gasteiger partial charge on any atom is 0 e. The largest absolute Gasteiger partial charge is 1.00 e. The molecule has 57 valence electrons. The van der Waals surface area contributed by atoms with Crippen LogP contribution in [0, 0.1) is 0 Å². The van der Waals surface area contributed by atoms with Crippen LogP contribution in [-0.4, -0.2) is 0 Å². The SMILES string of the molecule is [Cl-].[Cl-].[NH2-].[NH2-].[NH2-].[NH2-].[Rh]. The molecule has 0 aromatic heterocycles. The first kappa shape index (κ1) is 367. The average Bonchev–Trinajstić information content (AvgIpc) is 0. The van der Waals surface area contributed by atoms with Crippen molar-refractivity contribution in [3.05, 3.63) is 24.6 Å². The van der Waals surface area contributed by atoms with Crippen LogP contribution in [0.15, 0.2) is 0 Å². The van der Waals surface area contributed by atoms with Gasteiger partial charge in [-0.1, -0.05) is 0 Å². The quantitative estimate of drug-likeness (QED) is 0.394. The standard InChI is InChI=1S/2ClH.4H2N.Rh/h2*1H;4*1H2;/q;;4*-1;/p-2. The van der Waals surface area contributed by atoms with Gasteiger partial charge in [-0.25, -0.2) is 0 Å². The fourth-order valence-corrected chi connectivity index (χ4v) is 0. The fraction of sp³-hybridized carbons (Fsp3) is 0. The molecule has 0 amide bonds. The summed E-state index contributed by atoms with van der Waals surface area (Å²) in [5.41, 5.74) is 0. The molecular formula is H8Cl2N4Rh-6. The van der Waals surface area contributed by atoms with Crippen LogP contribution in [0.2, 0.25) is 0 Å². The Morgan fingerprint density at radius 1 is 0.429 bits per heavy atom. The van der Waals surface area contributed by atoms with E-state index in [1.54, 1.807) is 0 Å². The van der Waals surface area contributed by atoms with Crippen molar-refractivity contribution >= 4 is 0 Å². The maximum atomic E-state index is 0. The van der Waals surface area contributed by atoms with E-state index in [2.05, 4.69) is 0 Å². The van der Waals surface area contributed by atoms with Crippen LogP contribution in [0.3, 0.4) is 0 Å². The van der Waals surface area contributed by atoms with Crippen molar-refractivity contribution in [3.8, 4) is 0 Å². The Morgan fingerprint density at radius 2 is 0.429 bits per heavy atom. The molecule has 7 heavy (non-hydrogen) atoms. The first-order valence-electron chi connectivity index (χ1n) is 0. The van der Waals surface area contributed by atoms with Crippen molar-refractivity contribution in [2.24, 2.45) is 0 Å². The van der Waals surface area contributed by atoms with E-state index in [0.717, 1.165) is 0 Å². The van der Waals surface area contributed by atoms with Crippen molar-refractivity contribution in [2.75, 3.05) is 0 Å². The third-order valence-electron chi connectivity index (χ3n) is 0. The summed E-state index contributed by atoms with van der Waals surface area (Å²) in [5, 5.41) is 0. The zero-order valence-corrected chi connectivity index (χ0v) is 6.55. The Hall–Kier alpha value is 1.04. The molecule has 0 saturated heterocycles. The molecule has 8 N–H and O–H groups in total. The van der Waals surface area contributed by atoms with E-state index in [1.165, 1.54) is 0 Å². The number of halogens is 2. The average molecular weight is 238 g/mol. The molecular weight excluding hydrogens is 230 g/mol. The van der Waals surface area contributed by atoms with Gasteiger partial charge in [-0.2, -0.15) is 0 Å². The Kier molecular flexibility index (Phi) is 12400. The zero-order valence-electron chi connectivity index (χ0n) is 3.40. The summed E-state index contributed by atoms with van der Waals surface area (Å²) < 4.78 is 0. The van der Waals surface area contributed by atoms with Gasteiger partial charge < -0.3 is 49.4 Å². The van der Waals surface area contributed by atoms with Crippen LogP contribution >= 0.6 is 0 Å². The Morgan fingerprint density at radius 3 is 0.429 bits per heavy atom. The van der Waals surface area contributed by atoms with Crippen LogP contribution < -0.4 is 24.8 Å². The Bertz CT molecular complexity index is 9.65. The molecule has 0 rings (SSSR count). The first-order valence-corrected chi connectivity index (χ1v) is 0. The second-order valence-electron chi connectivity index (χ2n) is 0. The fourth-order valence-electron chi connectivity index (χ4n) is 0. The molecule has 7 heteroatoms. The number of nitrogens with two attached hydrogens (primary N) is 4. The van der Waals surface area contributed by atoms with Gasteiger partial charge in [0.15, 0.2) is 0 Å². The molecule has 0 fully saturated rings. The van der Waals surface area contributed by atoms with Gasteiger partial charge in [-0.05, 0) is 0 Å². The van der Waals surface area contributed by atoms with Crippen molar-refractivity contribution in [3.63, 3.8) is 0 Å². The smallest absolute Gasteiger partial charge is 0 e. The molecule has 1 radical (unpaired) electrons. The van der Waals surface area contributed by atoms with Gasteiger partial charge >= 0.3 is 0 Å². The summed E-state index contributed by atoms with van der Waals surface area (Å²) in [7, 11) is 0. The van der Waals surface area contributed by atoms with Crippen molar-refractivity contribution in [1.29, 1.82) is 0 Å². The molecule has 0 spiro atoms. The molecule has 0 aliphatic carbocycles. The Labute approximate surface area is 69.1 Å². The summed E-state index contributed by atoms with van der Waals surface area (Å²) in [5.74, 6) is 0. The topological polar surface area (TPSA) is 134 Å². The third kappa shape index (κ3) is 165. The number of hydrogen-bond donors (Lipinski definition) is 0. The first-order chi connectivity index (χ1) is 0. The second-order valence-corrected chi connectivity index (χ2v) is 0. The zero-order chi connectivity index (χ0) is 0. The third-order valence-corrected chi connectivity index (χ3v) is 0. The van der Waals surface area contributed by atoms with Gasteiger partial charge in [0.05, 0.1) is 0 Å². The van der Waals surface area contributed by atoms with Crippen molar-refractivity contribution in [2.45, 2.75) is 0 Å². The minimum Gasteiger partial charge on any atom is -1.00 e. The monoisotopic (exact) mass is 237 g/mol. The van der Waals surface area contributed by atoms with Gasteiger partial charge in [-0.15, -0.1) is 0 Å². The summed E-state index contributed by atoms with van der Waals surface area (Å²) in [4.78, 5) is 0. The molecule has 0 aromatic rings. The van der Waals surface area contributed by atoms with Gasteiger partial charge in [-0.3, -0.25) is 0 Å².